The molecule has 0 heterocycles. The highest BCUT2D eigenvalue weighted by atomic mass is 16.4. The zero-order valence-corrected chi connectivity index (χ0v) is 13.4. The molecule has 0 saturated heterocycles. The molecule has 122 valence electrons. The van der Waals surface area contributed by atoms with Crippen LogP contribution in [0.1, 0.15) is 52.5 Å². The standard InChI is InChI=1S/C20H18O4/c1-2-3-4-5-8-14-9-6-7-10-16(14)18-13-15(19(21)22)11-12-17(18)20(23)24/h6-7,9-13H,2-4H2,1H3,(H,21,22)(H,23,24). The Balaban J connectivity index is 2.58. The number of unbranched alkanes of at least 4 members (excludes halogenated alkanes) is 2. The van der Waals surface area contributed by atoms with Crippen molar-refractivity contribution >= 4 is 11.9 Å². The lowest BCUT2D eigenvalue weighted by atomic mass is 9.93. The first-order chi connectivity index (χ1) is 11.5. The van der Waals surface area contributed by atoms with Crippen LogP contribution in [0.5, 0.6) is 0 Å². The summed E-state index contributed by atoms with van der Waals surface area (Å²) in [5.74, 6) is 3.96. The average Bonchev–Trinajstić information content (AvgIpc) is 2.58. The minimum atomic E-state index is -1.10. The molecule has 2 N–H and O–H groups in total. The fourth-order valence-corrected chi connectivity index (χ4v) is 2.34. The van der Waals surface area contributed by atoms with Crippen molar-refractivity contribution in [2.24, 2.45) is 0 Å². The van der Waals surface area contributed by atoms with E-state index in [0.29, 0.717) is 16.7 Å². The van der Waals surface area contributed by atoms with Gasteiger partial charge >= 0.3 is 11.9 Å². The van der Waals surface area contributed by atoms with Crippen LogP contribution in [0.3, 0.4) is 0 Å². The Bertz CT molecular complexity index is 825. The highest BCUT2D eigenvalue weighted by Crippen LogP contribution is 2.28. The molecule has 4 nitrogen and oxygen atoms in total. The summed E-state index contributed by atoms with van der Waals surface area (Å²) in [6.07, 6.45) is 2.83. The summed E-state index contributed by atoms with van der Waals surface area (Å²) in [6.45, 7) is 2.09. The van der Waals surface area contributed by atoms with E-state index in [0.717, 1.165) is 19.3 Å². The minimum absolute atomic E-state index is 0.0451. The minimum Gasteiger partial charge on any atom is -0.478 e. The first-order valence-corrected chi connectivity index (χ1v) is 7.73. The van der Waals surface area contributed by atoms with Crippen LogP contribution < -0.4 is 0 Å². The number of carboxylic acid groups (broad SMARTS) is 2. The number of hydrogen-bond donors (Lipinski definition) is 2. The molecule has 2 aromatic carbocycles. The van der Waals surface area contributed by atoms with Crippen molar-refractivity contribution < 1.29 is 19.8 Å². The van der Waals surface area contributed by atoms with Gasteiger partial charge < -0.3 is 10.2 Å². The first kappa shape index (κ1) is 17.3. The van der Waals surface area contributed by atoms with E-state index in [2.05, 4.69) is 18.8 Å². The van der Waals surface area contributed by atoms with Crippen LogP contribution >= 0.6 is 0 Å². The van der Waals surface area contributed by atoms with Gasteiger partial charge in [-0.2, -0.15) is 0 Å². The second-order valence-electron chi connectivity index (χ2n) is 5.32. The van der Waals surface area contributed by atoms with Crippen LogP contribution in [0.4, 0.5) is 0 Å². The van der Waals surface area contributed by atoms with Gasteiger partial charge in [-0.05, 0) is 41.8 Å². The molecule has 2 rings (SSSR count). The van der Waals surface area contributed by atoms with Crippen LogP contribution in [0.25, 0.3) is 11.1 Å². The van der Waals surface area contributed by atoms with Gasteiger partial charge in [-0.25, -0.2) is 9.59 Å². The van der Waals surface area contributed by atoms with Crippen molar-refractivity contribution in [1.82, 2.24) is 0 Å². The van der Waals surface area contributed by atoms with Crippen molar-refractivity contribution in [1.29, 1.82) is 0 Å². The number of aromatic carboxylic acids is 2. The SMILES string of the molecule is CCCCC#Cc1ccccc1-c1cc(C(=O)O)ccc1C(=O)O. The van der Waals surface area contributed by atoms with Crippen molar-refractivity contribution in [2.45, 2.75) is 26.2 Å². The fraction of sp³-hybridized carbons (Fsp3) is 0.200. The van der Waals surface area contributed by atoms with Gasteiger partial charge in [0.1, 0.15) is 0 Å². The van der Waals surface area contributed by atoms with E-state index < -0.39 is 11.9 Å². The molecule has 0 aromatic heterocycles. The number of carboxylic acids is 2. The van der Waals surface area contributed by atoms with Gasteiger partial charge in [0.2, 0.25) is 0 Å². The molecule has 0 unspecified atom stereocenters. The van der Waals surface area contributed by atoms with Gasteiger partial charge in [0, 0.05) is 12.0 Å². The molecule has 0 radical (unpaired) electrons. The van der Waals surface area contributed by atoms with E-state index in [9.17, 15) is 19.8 Å². The van der Waals surface area contributed by atoms with Crippen molar-refractivity contribution in [3.8, 4) is 23.0 Å². The van der Waals surface area contributed by atoms with E-state index in [-0.39, 0.29) is 11.1 Å². The third-order valence-corrected chi connectivity index (χ3v) is 3.59. The lowest BCUT2D eigenvalue weighted by Gasteiger charge is -2.10. The van der Waals surface area contributed by atoms with E-state index in [4.69, 9.17) is 0 Å². The number of hydrogen-bond acceptors (Lipinski definition) is 2. The van der Waals surface area contributed by atoms with Crippen molar-refractivity contribution in [3.63, 3.8) is 0 Å². The summed E-state index contributed by atoms with van der Waals surface area (Å²) < 4.78 is 0. The monoisotopic (exact) mass is 322 g/mol. The Hall–Kier alpha value is -3.06. The maximum Gasteiger partial charge on any atom is 0.336 e. The van der Waals surface area contributed by atoms with Gasteiger partial charge in [0.15, 0.2) is 0 Å². The highest BCUT2D eigenvalue weighted by molar-refractivity contribution is 5.99. The molecular weight excluding hydrogens is 304 g/mol. The predicted molar refractivity (Wildman–Crippen MR) is 92.2 cm³/mol. The maximum absolute atomic E-state index is 11.5. The zero-order chi connectivity index (χ0) is 17.5. The first-order valence-electron chi connectivity index (χ1n) is 7.73. The molecule has 0 aliphatic rings. The smallest absolute Gasteiger partial charge is 0.336 e. The Morgan fingerprint density at radius 2 is 1.75 bits per heavy atom. The Kier molecular flexibility index (Phi) is 5.75. The van der Waals surface area contributed by atoms with Crippen LogP contribution in [-0.2, 0) is 0 Å². The van der Waals surface area contributed by atoms with E-state index in [1.807, 2.05) is 12.1 Å². The van der Waals surface area contributed by atoms with Crippen LogP contribution in [0, 0.1) is 11.8 Å². The summed E-state index contributed by atoms with van der Waals surface area (Å²) in [6, 6.07) is 11.2. The topological polar surface area (TPSA) is 74.6 Å². The van der Waals surface area contributed by atoms with Gasteiger partial charge in [-0.1, -0.05) is 43.4 Å². The summed E-state index contributed by atoms with van der Waals surface area (Å²) in [4.78, 5) is 22.7. The third-order valence-electron chi connectivity index (χ3n) is 3.59. The molecule has 0 spiro atoms. The highest BCUT2D eigenvalue weighted by Gasteiger charge is 2.16. The van der Waals surface area contributed by atoms with Crippen LogP contribution in [0.2, 0.25) is 0 Å². The van der Waals surface area contributed by atoms with Crippen LogP contribution in [0.15, 0.2) is 42.5 Å². The van der Waals surface area contributed by atoms with Gasteiger partial charge in [-0.15, -0.1) is 0 Å². The van der Waals surface area contributed by atoms with Gasteiger partial charge in [-0.3, -0.25) is 0 Å². The summed E-state index contributed by atoms with van der Waals surface area (Å²) in [5, 5.41) is 18.6. The van der Waals surface area contributed by atoms with E-state index >= 15 is 0 Å². The molecule has 24 heavy (non-hydrogen) atoms. The molecule has 2 aromatic rings. The molecule has 0 saturated carbocycles. The summed E-state index contributed by atoms with van der Waals surface area (Å²) in [5.41, 5.74) is 1.79. The van der Waals surface area contributed by atoms with Crippen molar-refractivity contribution in [2.75, 3.05) is 0 Å². The van der Waals surface area contributed by atoms with E-state index in [1.165, 1.54) is 18.2 Å². The average molecular weight is 322 g/mol. The molecule has 0 aliphatic heterocycles. The molecule has 4 heteroatoms. The Morgan fingerprint density at radius 1 is 1.00 bits per heavy atom. The van der Waals surface area contributed by atoms with Gasteiger partial charge in [0.05, 0.1) is 11.1 Å². The summed E-state index contributed by atoms with van der Waals surface area (Å²) in [7, 11) is 0. The quantitative estimate of drug-likeness (QED) is 0.636. The Labute approximate surface area is 140 Å². The maximum atomic E-state index is 11.5. The largest absolute Gasteiger partial charge is 0.478 e. The molecule has 0 amide bonds. The molecule has 0 aliphatic carbocycles. The Morgan fingerprint density at radius 3 is 2.42 bits per heavy atom. The molecule has 0 fully saturated rings. The third kappa shape index (κ3) is 4.02. The van der Waals surface area contributed by atoms with Crippen molar-refractivity contribution in [3.05, 3.63) is 59.2 Å². The van der Waals surface area contributed by atoms with Crippen LogP contribution in [-0.4, -0.2) is 22.2 Å². The molecule has 0 atom stereocenters. The number of carbonyl (C=O) groups is 2. The zero-order valence-electron chi connectivity index (χ0n) is 13.4. The summed E-state index contributed by atoms with van der Waals surface area (Å²) >= 11 is 0. The molecular formula is C20H18O4. The van der Waals surface area contributed by atoms with E-state index in [1.54, 1.807) is 12.1 Å². The second kappa shape index (κ2) is 7.98. The fourth-order valence-electron chi connectivity index (χ4n) is 2.34. The number of benzene rings is 2. The molecule has 0 bridgehead atoms. The van der Waals surface area contributed by atoms with Gasteiger partial charge in [0.25, 0.3) is 0 Å². The predicted octanol–water partition coefficient (Wildman–Crippen LogP) is 4.29. The number of rotatable bonds is 5. The normalized spacial score (nSPS) is 9.88. The lowest BCUT2D eigenvalue weighted by Crippen LogP contribution is -2.04. The second-order valence-corrected chi connectivity index (χ2v) is 5.32. The lowest BCUT2D eigenvalue weighted by molar-refractivity contribution is 0.0682.